The normalized spacial score (nSPS) is 10.8. The number of nitrogens with zero attached hydrogens (tertiary/aromatic N) is 4. The zero-order valence-electron chi connectivity index (χ0n) is 14.6. The first kappa shape index (κ1) is 18.4. The van der Waals surface area contributed by atoms with Gasteiger partial charge in [0.15, 0.2) is 0 Å². The highest BCUT2D eigenvalue weighted by Gasteiger charge is 2.15. The van der Waals surface area contributed by atoms with Gasteiger partial charge in [-0.15, -0.1) is 0 Å². The SMILES string of the molecule is CNCc1cnn(-c2c(Cl)ccc(Nc3nc(C)cc(NC)n3)c2Cl)c1. The highest BCUT2D eigenvalue weighted by molar-refractivity contribution is 6.39. The number of aryl methyl sites for hydroxylation is 1. The molecule has 0 saturated heterocycles. The summed E-state index contributed by atoms with van der Waals surface area (Å²) in [5.74, 6) is 1.16. The lowest BCUT2D eigenvalue weighted by Gasteiger charge is -2.13. The minimum atomic E-state index is 0.438. The molecule has 9 heteroatoms. The van der Waals surface area contributed by atoms with Crippen LogP contribution in [0.1, 0.15) is 11.3 Å². The number of aromatic nitrogens is 4. The Bertz CT molecular complexity index is 923. The van der Waals surface area contributed by atoms with E-state index in [1.807, 2.05) is 26.2 Å². The van der Waals surface area contributed by atoms with Gasteiger partial charge in [0.05, 0.1) is 21.9 Å². The summed E-state index contributed by atoms with van der Waals surface area (Å²) in [5.41, 5.74) is 3.10. The molecule has 3 rings (SSSR count). The Kier molecular flexibility index (Phi) is 5.61. The van der Waals surface area contributed by atoms with E-state index < -0.39 is 0 Å². The number of benzene rings is 1. The molecule has 7 nitrogen and oxygen atoms in total. The van der Waals surface area contributed by atoms with Crippen LogP contribution in [0.5, 0.6) is 0 Å². The Morgan fingerprint density at radius 2 is 1.96 bits per heavy atom. The van der Waals surface area contributed by atoms with Crippen molar-refractivity contribution in [3.8, 4) is 5.69 Å². The molecule has 0 saturated carbocycles. The van der Waals surface area contributed by atoms with E-state index in [1.165, 1.54) is 0 Å². The zero-order valence-corrected chi connectivity index (χ0v) is 16.2. The molecule has 1 aromatic carbocycles. The van der Waals surface area contributed by atoms with E-state index in [4.69, 9.17) is 23.2 Å². The van der Waals surface area contributed by atoms with Crippen LogP contribution in [-0.2, 0) is 6.54 Å². The summed E-state index contributed by atoms with van der Waals surface area (Å²) >= 11 is 13.0. The molecule has 0 spiro atoms. The van der Waals surface area contributed by atoms with Crippen molar-refractivity contribution >= 4 is 40.7 Å². The maximum atomic E-state index is 6.60. The van der Waals surface area contributed by atoms with Gasteiger partial charge in [-0.25, -0.2) is 9.67 Å². The molecule has 0 aliphatic rings. The minimum Gasteiger partial charge on any atom is -0.373 e. The predicted octanol–water partition coefficient (Wildman–Crippen LogP) is 3.78. The van der Waals surface area contributed by atoms with Crippen molar-refractivity contribution in [2.45, 2.75) is 13.5 Å². The van der Waals surface area contributed by atoms with Gasteiger partial charge >= 0.3 is 0 Å². The van der Waals surface area contributed by atoms with Gasteiger partial charge in [-0.3, -0.25) is 0 Å². The van der Waals surface area contributed by atoms with Crippen LogP contribution in [0.15, 0.2) is 30.6 Å². The number of halogens is 2. The van der Waals surface area contributed by atoms with Crippen molar-refractivity contribution in [2.24, 2.45) is 0 Å². The van der Waals surface area contributed by atoms with Crippen molar-refractivity contribution in [3.63, 3.8) is 0 Å². The quantitative estimate of drug-likeness (QED) is 0.593. The van der Waals surface area contributed by atoms with Crippen LogP contribution in [0.25, 0.3) is 5.69 Å². The van der Waals surface area contributed by atoms with E-state index in [2.05, 4.69) is 31.0 Å². The molecule has 0 amide bonds. The molecule has 0 atom stereocenters. The molecule has 0 aliphatic heterocycles. The molecule has 0 aliphatic carbocycles. The molecule has 0 bridgehead atoms. The first-order valence-electron chi connectivity index (χ1n) is 7.98. The number of nitrogens with one attached hydrogen (secondary N) is 3. The van der Waals surface area contributed by atoms with E-state index in [-0.39, 0.29) is 0 Å². The van der Waals surface area contributed by atoms with Crippen LogP contribution < -0.4 is 16.0 Å². The fraction of sp³-hybridized carbons (Fsp3) is 0.235. The molecule has 0 fully saturated rings. The van der Waals surface area contributed by atoms with E-state index in [9.17, 15) is 0 Å². The molecule has 3 N–H and O–H groups in total. The second-order valence-electron chi connectivity index (χ2n) is 5.67. The van der Waals surface area contributed by atoms with E-state index >= 15 is 0 Å². The van der Waals surface area contributed by atoms with Gasteiger partial charge in [0.25, 0.3) is 0 Å². The summed E-state index contributed by atoms with van der Waals surface area (Å²) < 4.78 is 1.67. The lowest BCUT2D eigenvalue weighted by Crippen LogP contribution is -2.05. The molecule has 2 aromatic heterocycles. The second-order valence-corrected chi connectivity index (χ2v) is 6.46. The predicted molar refractivity (Wildman–Crippen MR) is 106 cm³/mol. The van der Waals surface area contributed by atoms with Crippen molar-refractivity contribution in [1.29, 1.82) is 0 Å². The highest BCUT2D eigenvalue weighted by atomic mass is 35.5. The van der Waals surface area contributed by atoms with E-state index in [0.717, 1.165) is 11.3 Å². The van der Waals surface area contributed by atoms with Crippen molar-refractivity contribution in [1.82, 2.24) is 25.1 Å². The third-order valence-electron chi connectivity index (χ3n) is 3.67. The van der Waals surface area contributed by atoms with Crippen molar-refractivity contribution < 1.29 is 0 Å². The van der Waals surface area contributed by atoms with Gasteiger partial charge in [0, 0.05) is 37.1 Å². The van der Waals surface area contributed by atoms with Gasteiger partial charge in [-0.1, -0.05) is 23.2 Å². The van der Waals surface area contributed by atoms with Gasteiger partial charge in [-0.05, 0) is 26.1 Å². The van der Waals surface area contributed by atoms with Gasteiger partial charge in [0.1, 0.15) is 11.5 Å². The van der Waals surface area contributed by atoms with Crippen LogP contribution in [0, 0.1) is 6.92 Å². The monoisotopic (exact) mass is 391 g/mol. The maximum absolute atomic E-state index is 6.60. The third-order valence-corrected chi connectivity index (χ3v) is 4.36. The summed E-state index contributed by atoms with van der Waals surface area (Å²) in [6.07, 6.45) is 3.65. The Labute approximate surface area is 161 Å². The summed E-state index contributed by atoms with van der Waals surface area (Å²) in [5, 5.41) is 14.5. The van der Waals surface area contributed by atoms with Gasteiger partial charge in [0.2, 0.25) is 5.95 Å². The molecule has 26 heavy (non-hydrogen) atoms. The topological polar surface area (TPSA) is 79.7 Å². The van der Waals surface area contributed by atoms with E-state index in [1.54, 1.807) is 30.1 Å². The van der Waals surface area contributed by atoms with E-state index in [0.29, 0.717) is 39.7 Å². The van der Waals surface area contributed by atoms with Crippen molar-refractivity contribution in [2.75, 3.05) is 24.7 Å². The first-order valence-corrected chi connectivity index (χ1v) is 8.74. The number of hydrogen-bond donors (Lipinski definition) is 3. The molecule has 3 aromatic rings. The van der Waals surface area contributed by atoms with Gasteiger partial charge in [-0.2, -0.15) is 10.1 Å². The lowest BCUT2D eigenvalue weighted by atomic mass is 10.2. The summed E-state index contributed by atoms with van der Waals surface area (Å²) in [4.78, 5) is 8.77. The smallest absolute Gasteiger partial charge is 0.229 e. The van der Waals surface area contributed by atoms with Crippen LogP contribution in [0.2, 0.25) is 10.0 Å². The Morgan fingerprint density at radius 1 is 1.15 bits per heavy atom. The summed E-state index contributed by atoms with van der Waals surface area (Å²) in [6, 6.07) is 5.41. The second kappa shape index (κ2) is 7.90. The summed E-state index contributed by atoms with van der Waals surface area (Å²) in [7, 11) is 3.68. The Balaban J connectivity index is 1.98. The third kappa shape index (κ3) is 3.90. The van der Waals surface area contributed by atoms with Crippen molar-refractivity contribution in [3.05, 3.63) is 51.9 Å². The average molecular weight is 392 g/mol. The molecule has 2 heterocycles. The van der Waals surface area contributed by atoms with Crippen LogP contribution in [0.3, 0.4) is 0 Å². The maximum Gasteiger partial charge on any atom is 0.229 e. The number of hydrogen-bond acceptors (Lipinski definition) is 6. The summed E-state index contributed by atoms with van der Waals surface area (Å²) in [6.45, 7) is 2.60. The Morgan fingerprint density at radius 3 is 2.69 bits per heavy atom. The molecule has 136 valence electrons. The lowest BCUT2D eigenvalue weighted by molar-refractivity contribution is 0.816. The van der Waals surface area contributed by atoms with Crippen LogP contribution >= 0.6 is 23.2 Å². The first-order chi connectivity index (χ1) is 12.5. The van der Waals surface area contributed by atoms with Crippen LogP contribution in [0.4, 0.5) is 17.5 Å². The zero-order chi connectivity index (χ0) is 18.7. The minimum absolute atomic E-state index is 0.438. The van der Waals surface area contributed by atoms with Crippen LogP contribution in [-0.4, -0.2) is 33.8 Å². The fourth-order valence-corrected chi connectivity index (χ4v) is 3.09. The molecular formula is C17H19Cl2N7. The molecular weight excluding hydrogens is 373 g/mol. The molecule has 0 unspecified atom stereocenters. The number of rotatable bonds is 6. The van der Waals surface area contributed by atoms with Gasteiger partial charge < -0.3 is 16.0 Å². The fourth-order valence-electron chi connectivity index (χ4n) is 2.50. The highest BCUT2D eigenvalue weighted by Crippen LogP contribution is 2.35. The molecule has 0 radical (unpaired) electrons. The largest absolute Gasteiger partial charge is 0.373 e. The average Bonchev–Trinajstić information content (AvgIpc) is 3.05. The number of anilines is 3. The standard InChI is InChI=1S/C17H19Cl2N7/c1-10-6-14(21-3)25-17(23-10)24-13-5-4-12(18)16(15(13)19)26-9-11(7-20-2)8-22-26/h4-6,8-9,20H,7H2,1-3H3,(H2,21,23,24,25). The Hall–Kier alpha value is -2.35.